The molecule has 2 rings (SSSR count). The molecule has 0 radical (unpaired) electrons. The molecule has 90 valence electrons. The highest BCUT2D eigenvalue weighted by Crippen LogP contribution is 2.58. The molecule has 1 aliphatic carbocycles. The molecular weight excluding hydrogens is 266 g/mol. The third-order valence-electron chi connectivity index (χ3n) is 3.37. The van der Waals surface area contributed by atoms with Crippen LogP contribution in [0.3, 0.4) is 0 Å². The summed E-state index contributed by atoms with van der Waals surface area (Å²) in [5, 5.41) is 9.46. The molecule has 4 heteroatoms. The van der Waals surface area contributed by atoms with Crippen molar-refractivity contribution in [3.63, 3.8) is 0 Å². The monoisotopic (exact) mass is 285 g/mol. The molecule has 1 atom stereocenters. The van der Waals surface area contributed by atoms with Crippen LogP contribution >= 0.6 is 15.9 Å². The van der Waals surface area contributed by atoms with E-state index >= 15 is 0 Å². The average Bonchev–Trinajstić information content (AvgIpc) is 2.63. The molecule has 0 aliphatic heterocycles. The summed E-state index contributed by atoms with van der Waals surface area (Å²) < 4.78 is 2.29. The summed E-state index contributed by atoms with van der Waals surface area (Å²) in [6.07, 6.45) is 1.23. The fraction of sp³-hybridized carbons (Fsp3) is 0.833. The molecular formula is C12H20BrN3. The number of aromatic nitrogens is 3. The van der Waals surface area contributed by atoms with Gasteiger partial charge in [-0.1, -0.05) is 29.8 Å². The molecule has 0 N–H and O–H groups in total. The molecule has 16 heavy (non-hydrogen) atoms. The lowest BCUT2D eigenvalue weighted by Crippen LogP contribution is -2.26. The predicted molar refractivity (Wildman–Crippen MR) is 68.8 cm³/mol. The van der Waals surface area contributed by atoms with E-state index in [4.69, 9.17) is 0 Å². The maximum atomic E-state index is 4.39. The van der Waals surface area contributed by atoms with Crippen molar-refractivity contribution >= 4 is 15.9 Å². The number of hydrogen-bond donors (Lipinski definition) is 0. The van der Waals surface area contributed by atoms with Crippen molar-refractivity contribution in [1.82, 2.24) is 14.8 Å². The highest BCUT2D eigenvalue weighted by molar-refractivity contribution is 9.08. The smallest absolute Gasteiger partial charge is 0.144 e. The van der Waals surface area contributed by atoms with Gasteiger partial charge in [0.1, 0.15) is 11.6 Å². The van der Waals surface area contributed by atoms with Gasteiger partial charge in [0.25, 0.3) is 0 Å². The molecule has 1 saturated carbocycles. The average molecular weight is 286 g/mol. The Balaban J connectivity index is 2.44. The number of rotatable bonds is 2. The summed E-state index contributed by atoms with van der Waals surface area (Å²) in [7, 11) is 0. The Morgan fingerprint density at radius 3 is 2.31 bits per heavy atom. The van der Waals surface area contributed by atoms with Gasteiger partial charge in [0.05, 0.1) is 5.33 Å². The Hall–Kier alpha value is -0.380. The van der Waals surface area contributed by atoms with Crippen LogP contribution in [-0.4, -0.2) is 14.8 Å². The van der Waals surface area contributed by atoms with Crippen LogP contribution in [0.25, 0.3) is 0 Å². The molecule has 0 spiro atoms. The van der Waals surface area contributed by atoms with Gasteiger partial charge >= 0.3 is 0 Å². The van der Waals surface area contributed by atoms with Gasteiger partial charge in [0.15, 0.2) is 0 Å². The van der Waals surface area contributed by atoms with E-state index in [-0.39, 0.29) is 5.54 Å². The Labute approximate surface area is 106 Å². The summed E-state index contributed by atoms with van der Waals surface area (Å²) >= 11 is 3.49. The molecule has 1 heterocycles. The minimum absolute atomic E-state index is 0.0562. The van der Waals surface area contributed by atoms with Crippen molar-refractivity contribution in [1.29, 1.82) is 0 Å². The van der Waals surface area contributed by atoms with Crippen molar-refractivity contribution in [2.24, 2.45) is 5.41 Å². The van der Waals surface area contributed by atoms with Crippen molar-refractivity contribution in [3.05, 3.63) is 11.6 Å². The topological polar surface area (TPSA) is 30.7 Å². The van der Waals surface area contributed by atoms with Gasteiger partial charge < -0.3 is 4.57 Å². The molecule has 1 unspecified atom stereocenters. The first kappa shape index (κ1) is 12.1. The van der Waals surface area contributed by atoms with Gasteiger partial charge in [-0.2, -0.15) is 0 Å². The van der Waals surface area contributed by atoms with Crippen LogP contribution in [0.15, 0.2) is 0 Å². The summed E-state index contributed by atoms with van der Waals surface area (Å²) in [6.45, 7) is 11.2. The first-order valence-corrected chi connectivity index (χ1v) is 6.90. The fourth-order valence-electron chi connectivity index (χ4n) is 2.28. The quantitative estimate of drug-likeness (QED) is 0.780. The van der Waals surface area contributed by atoms with Crippen LogP contribution in [0.5, 0.6) is 0 Å². The molecule has 3 nitrogen and oxygen atoms in total. The number of hydrogen-bond acceptors (Lipinski definition) is 2. The zero-order valence-electron chi connectivity index (χ0n) is 10.7. The van der Waals surface area contributed by atoms with Crippen molar-refractivity contribution in [3.8, 4) is 0 Å². The normalized spacial score (nSPS) is 23.5. The second-order valence-corrected chi connectivity index (χ2v) is 6.92. The molecule has 1 aliphatic rings. The third-order valence-corrected chi connectivity index (χ3v) is 3.87. The van der Waals surface area contributed by atoms with Crippen molar-refractivity contribution < 1.29 is 0 Å². The van der Waals surface area contributed by atoms with E-state index in [9.17, 15) is 0 Å². The zero-order chi connectivity index (χ0) is 12.1. The largest absolute Gasteiger partial charge is 0.309 e. The molecule has 0 saturated heterocycles. The maximum absolute atomic E-state index is 4.39. The van der Waals surface area contributed by atoms with Crippen LogP contribution in [0, 0.1) is 5.41 Å². The van der Waals surface area contributed by atoms with Crippen molar-refractivity contribution in [2.75, 3.05) is 0 Å². The lowest BCUT2D eigenvalue weighted by Gasteiger charge is -2.25. The first-order chi connectivity index (χ1) is 7.27. The molecule has 0 bridgehead atoms. The standard InChI is InChI=1S/C12H20BrN3/c1-11(2,3)16-9(7-13)14-15-10(16)8-6-12(8,4)5/h8H,6-7H2,1-5H3. The minimum Gasteiger partial charge on any atom is -0.309 e. The number of halogens is 1. The van der Waals surface area contributed by atoms with Crippen molar-refractivity contribution in [2.45, 2.75) is 57.8 Å². The molecule has 0 aromatic carbocycles. The zero-order valence-corrected chi connectivity index (χ0v) is 12.3. The highest BCUT2D eigenvalue weighted by atomic mass is 79.9. The van der Waals surface area contributed by atoms with E-state index in [1.54, 1.807) is 0 Å². The van der Waals surface area contributed by atoms with Gasteiger partial charge in [-0.25, -0.2) is 0 Å². The number of nitrogens with zero attached hydrogens (tertiary/aromatic N) is 3. The molecule has 1 aromatic heterocycles. The van der Waals surface area contributed by atoms with Crippen LogP contribution in [0.1, 0.15) is 58.6 Å². The Morgan fingerprint density at radius 1 is 1.38 bits per heavy atom. The van der Waals surface area contributed by atoms with E-state index in [1.807, 2.05) is 0 Å². The summed E-state index contributed by atoms with van der Waals surface area (Å²) in [5.41, 5.74) is 0.459. The van der Waals surface area contributed by atoms with E-state index in [0.29, 0.717) is 11.3 Å². The van der Waals surface area contributed by atoms with E-state index in [1.165, 1.54) is 6.42 Å². The van der Waals surface area contributed by atoms with Gasteiger partial charge in [0.2, 0.25) is 0 Å². The lowest BCUT2D eigenvalue weighted by molar-refractivity contribution is 0.369. The van der Waals surface area contributed by atoms with E-state index < -0.39 is 0 Å². The Bertz CT molecular complexity index is 401. The highest BCUT2D eigenvalue weighted by Gasteiger charge is 2.50. The summed E-state index contributed by atoms with van der Waals surface area (Å²) in [6, 6.07) is 0. The van der Waals surface area contributed by atoms with E-state index in [0.717, 1.165) is 17.0 Å². The van der Waals surface area contributed by atoms with Gasteiger partial charge in [-0.05, 0) is 32.6 Å². The Morgan fingerprint density at radius 2 is 1.94 bits per heavy atom. The first-order valence-electron chi connectivity index (χ1n) is 5.78. The Kier molecular flexibility index (Phi) is 2.69. The molecule has 1 aromatic rings. The summed E-state index contributed by atoms with van der Waals surface area (Å²) in [4.78, 5) is 0. The maximum Gasteiger partial charge on any atom is 0.144 e. The van der Waals surface area contributed by atoms with E-state index in [2.05, 4.69) is 65.3 Å². The van der Waals surface area contributed by atoms with Crippen LogP contribution in [0.2, 0.25) is 0 Å². The second-order valence-electron chi connectivity index (χ2n) is 6.36. The molecule has 0 amide bonds. The van der Waals surface area contributed by atoms with Gasteiger partial charge in [0, 0.05) is 11.5 Å². The predicted octanol–water partition coefficient (Wildman–Crippen LogP) is 3.44. The van der Waals surface area contributed by atoms with Crippen LogP contribution < -0.4 is 0 Å². The molecule has 1 fully saturated rings. The fourth-order valence-corrected chi connectivity index (χ4v) is 2.64. The minimum atomic E-state index is 0.0562. The lowest BCUT2D eigenvalue weighted by atomic mass is 10.1. The number of alkyl halides is 1. The third kappa shape index (κ3) is 1.92. The summed E-state index contributed by atoms with van der Waals surface area (Å²) in [5.74, 6) is 2.77. The van der Waals surface area contributed by atoms with Gasteiger partial charge in [-0.15, -0.1) is 10.2 Å². The second kappa shape index (κ2) is 3.56. The van der Waals surface area contributed by atoms with Crippen LogP contribution in [0.4, 0.5) is 0 Å². The van der Waals surface area contributed by atoms with Gasteiger partial charge in [-0.3, -0.25) is 0 Å². The van der Waals surface area contributed by atoms with Crippen LogP contribution in [-0.2, 0) is 10.9 Å². The SMILES string of the molecule is CC1(C)CC1c1nnc(CBr)n1C(C)(C)C.